The molecule has 1 fully saturated rings. The van der Waals surface area contributed by atoms with Gasteiger partial charge in [0.1, 0.15) is 0 Å². The van der Waals surface area contributed by atoms with Gasteiger partial charge in [-0.15, -0.1) is 0 Å². The molecule has 1 aliphatic rings. The molecule has 1 saturated carbocycles. The molecule has 0 heterocycles. The first kappa shape index (κ1) is 4.61. The third-order valence-corrected chi connectivity index (χ3v) is 1.18. The molecular weight excluding hydrogens is 90.1 g/mol. The highest BCUT2D eigenvalue weighted by Gasteiger charge is 2.30. The lowest BCUT2D eigenvalue weighted by Crippen LogP contribution is -2.01. The summed E-state index contributed by atoms with van der Waals surface area (Å²) >= 11 is 0. The largest absolute Gasteiger partial charge is 0.216 e. The maximum Gasteiger partial charge on any atom is 0.182 e. The summed E-state index contributed by atoms with van der Waals surface area (Å²) in [5.41, 5.74) is 0. The van der Waals surface area contributed by atoms with Crippen molar-refractivity contribution in [3.05, 3.63) is 0 Å². The highest BCUT2D eigenvalue weighted by atomic mass is 16.3. The monoisotopic (exact) mass is 96.0 g/mol. The number of rotatable bonds is 1. The van der Waals surface area contributed by atoms with E-state index in [1.807, 2.05) is 0 Å². The van der Waals surface area contributed by atoms with Crippen LogP contribution in [0.4, 0.5) is 0 Å². The van der Waals surface area contributed by atoms with E-state index in [0.717, 1.165) is 12.8 Å². The Bertz CT molecular complexity index is 101. The Labute approximate surface area is 42.4 Å². The standard InChI is InChI=1S/C5H6NO/c6-3-5(7)4-1-2-4/h4-5H,1-2H2. The molecule has 0 aromatic rings. The Balaban J connectivity index is 2.27. The highest BCUT2D eigenvalue weighted by Crippen LogP contribution is 2.32. The van der Waals surface area contributed by atoms with E-state index >= 15 is 0 Å². The lowest BCUT2D eigenvalue weighted by molar-refractivity contribution is 0.117. The van der Waals surface area contributed by atoms with Gasteiger partial charge in [-0.25, -0.2) is 5.11 Å². The maximum absolute atomic E-state index is 10.3. The molecule has 0 amide bonds. The molecule has 37 valence electrons. The van der Waals surface area contributed by atoms with Gasteiger partial charge < -0.3 is 0 Å². The second-order valence-corrected chi connectivity index (χ2v) is 1.89. The van der Waals surface area contributed by atoms with Crippen molar-refractivity contribution >= 4 is 0 Å². The minimum Gasteiger partial charge on any atom is -0.216 e. The molecule has 0 aromatic carbocycles. The average Bonchev–Trinajstić information content (AvgIpc) is 2.44. The maximum atomic E-state index is 10.3. The van der Waals surface area contributed by atoms with Crippen molar-refractivity contribution < 1.29 is 5.11 Å². The molecule has 1 rings (SSSR count). The van der Waals surface area contributed by atoms with Gasteiger partial charge in [-0.2, -0.15) is 5.26 Å². The first-order chi connectivity index (χ1) is 3.34. The van der Waals surface area contributed by atoms with Crippen LogP contribution in [0.5, 0.6) is 0 Å². The molecule has 1 unspecified atom stereocenters. The van der Waals surface area contributed by atoms with Crippen LogP contribution >= 0.6 is 0 Å². The predicted octanol–water partition coefficient (Wildman–Crippen LogP) is 0.719. The Kier molecular flexibility index (Phi) is 0.994. The van der Waals surface area contributed by atoms with Crippen molar-refractivity contribution in [2.45, 2.75) is 18.9 Å². The molecular formula is C5H6NO. The van der Waals surface area contributed by atoms with Crippen LogP contribution in [0.25, 0.3) is 0 Å². The highest BCUT2D eigenvalue weighted by molar-refractivity contribution is 4.94. The van der Waals surface area contributed by atoms with Gasteiger partial charge in [-0.05, 0) is 12.8 Å². The number of nitrogens with zero attached hydrogens (tertiary/aromatic N) is 1. The van der Waals surface area contributed by atoms with Crippen LogP contribution in [0.15, 0.2) is 0 Å². The van der Waals surface area contributed by atoms with Crippen LogP contribution in [0.1, 0.15) is 12.8 Å². The van der Waals surface area contributed by atoms with Crippen molar-refractivity contribution in [3.63, 3.8) is 0 Å². The summed E-state index contributed by atoms with van der Waals surface area (Å²) in [5, 5.41) is 18.3. The summed E-state index contributed by atoms with van der Waals surface area (Å²) in [6.07, 6.45) is 1.02. The second kappa shape index (κ2) is 1.51. The summed E-state index contributed by atoms with van der Waals surface area (Å²) in [7, 11) is 0. The average molecular weight is 96.1 g/mol. The van der Waals surface area contributed by atoms with E-state index in [1.54, 1.807) is 6.07 Å². The lowest BCUT2D eigenvalue weighted by Gasteiger charge is -1.86. The summed E-state index contributed by atoms with van der Waals surface area (Å²) in [4.78, 5) is 0. The molecule has 0 saturated heterocycles. The quantitative estimate of drug-likeness (QED) is 0.474. The fourth-order valence-corrected chi connectivity index (χ4v) is 0.504. The van der Waals surface area contributed by atoms with E-state index in [2.05, 4.69) is 0 Å². The number of nitriles is 1. The van der Waals surface area contributed by atoms with Gasteiger partial charge in [0.25, 0.3) is 0 Å². The van der Waals surface area contributed by atoms with Crippen LogP contribution in [0, 0.1) is 17.2 Å². The number of hydrogen-bond acceptors (Lipinski definition) is 1. The first-order valence-corrected chi connectivity index (χ1v) is 2.40. The molecule has 1 radical (unpaired) electrons. The van der Waals surface area contributed by atoms with Gasteiger partial charge >= 0.3 is 0 Å². The molecule has 0 aromatic heterocycles. The Hall–Kier alpha value is -0.550. The fraction of sp³-hybridized carbons (Fsp3) is 0.800. The van der Waals surface area contributed by atoms with E-state index in [4.69, 9.17) is 5.26 Å². The molecule has 0 bridgehead atoms. The summed E-state index contributed by atoms with van der Waals surface area (Å²) in [6.45, 7) is 0. The summed E-state index contributed by atoms with van der Waals surface area (Å²) in [5.74, 6) is 0.199. The van der Waals surface area contributed by atoms with Crippen LogP contribution in [0.3, 0.4) is 0 Å². The zero-order valence-corrected chi connectivity index (χ0v) is 3.92. The van der Waals surface area contributed by atoms with Gasteiger partial charge in [0, 0.05) is 5.92 Å². The van der Waals surface area contributed by atoms with E-state index in [1.165, 1.54) is 0 Å². The van der Waals surface area contributed by atoms with Crippen LogP contribution in [-0.4, -0.2) is 6.10 Å². The van der Waals surface area contributed by atoms with Crippen molar-refractivity contribution in [2.75, 3.05) is 0 Å². The van der Waals surface area contributed by atoms with E-state index in [0.29, 0.717) is 0 Å². The fourth-order valence-electron chi connectivity index (χ4n) is 0.504. The van der Waals surface area contributed by atoms with Gasteiger partial charge in [0.2, 0.25) is 0 Å². The number of hydrogen-bond donors (Lipinski definition) is 0. The normalized spacial score (nSPS) is 23.4. The van der Waals surface area contributed by atoms with Crippen LogP contribution < -0.4 is 0 Å². The summed E-state index contributed by atoms with van der Waals surface area (Å²) in [6, 6.07) is 1.67. The van der Waals surface area contributed by atoms with Crippen LogP contribution in [-0.2, 0) is 5.11 Å². The zero-order valence-electron chi connectivity index (χ0n) is 3.92. The summed E-state index contributed by atoms with van der Waals surface area (Å²) < 4.78 is 0. The Morgan fingerprint density at radius 1 is 1.71 bits per heavy atom. The molecule has 0 aliphatic heterocycles. The molecule has 0 spiro atoms. The van der Waals surface area contributed by atoms with E-state index in [9.17, 15) is 5.11 Å². The van der Waals surface area contributed by atoms with Gasteiger partial charge in [0.05, 0.1) is 6.07 Å². The van der Waals surface area contributed by atoms with Crippen molar-refractivity contribution in [2.24, 2.45) is 5.92 Å². The van der Waals surface area contributed by atoms with Gasteiger partial charge in [-0.1, -0.05) is 0 Å². The predicted molar refractivity (Wildman–Crippen MR) is 22.8 cm³/mol. The molecule has 1 atom stereocenters. The third-order valence-electron chi connectivity index (χ3n) is 1.18. The van der Waals surface area contributed by atoms with Crippen molar-refractivity contribution in [1.82, 2.24) is 0 Å². The molecule has 0 N–H and O–H groups in total. The van der Waals surface area contributed by atoms with Crippen molar-refractivity contribution in [3.8, 4) is 6.07 Å². The smallest absolute Gasteiger partial charge is 0.182 e. The second-order valence-electron chi connectivity index (χ2n) is 1.89. The molecule has 1 aliphatic carbocycles. The van der Waals surface area contributed by atoms with Gasteiger partial charge in [-0.3, -0.25) is 0 Å². The minimum atomic E-state index is -0.931. The van der Waals surface area contributed by atoms with E-state index < -0.39 is 6.10 Å². The SMILES string of the molecule is N#CC([O])C1CC1. The minimum absolute atomic E-state index is 0.199. The lowest BCUT2D eigenvalue weighted by atomic mass is 10.3. The van der Waals surface area contributed by atoms with E-state index in [-0.39, 0.29) is 5.92 Å². The van der Waals surface area contributed by atoms with Crippen molar-refractivity contribution in [1.29, 1.82) is 5.26 Å². The zero-order chi connectivity index (χ0) is 5.28. The topological polar surface area (TPSA) is 43.7 Å². The molecule has 7 heavy (non-hydrogen) atoms. The Morgan fingerprint density at radius 2 is 2.29 bits per heavy atom. The molecule has 2 nitrogen and oxygen atoms in total. The van der Waals surface area contributed by atoms with Crippen LogP contribution in [0.2, 0.25) is 0 Å². The molecule has 2 heteroatoms. The third kappa shape index (κ3) is 0.908. The first-order valence-electron chi connectivity index (χ1n) is 2.40. The van der Waals surface area contributed by atoms with Gasteiger partial charge in [0.15, 0.2) is 6.10 Å². The Morgan fingerprint density at radius 3 is 2.43 bits per heavy atom.